The number of fused-ring (bicyclic) bond motifs is 1. The van der Waals surface area contributed by atoms with Crippen LogP contribution in [0.2, 0.25) is 0 Å². The molecule has 0 N–H and O–H groups in total. The summed E-state index contributed by atoms with van der Waals surface area (Å²) >= 11 is 0. The molecule has 2 aromatic heterocycles. The Labute approximate surface area is 183 Å². The van der Waals surface area contributed by atoms with E-state index < -0.39 is 0 Å². The molecule has 0 saturated heterocycles. The van der Waals surface area contributed by atoms with Crippen molar-refractivity contribution in [3.05, 3.63) is 60.0 Å². The third kappa shape index (κ3) is 3.67. The van der Waals surface area contributed by atoms with Crippen LogP contribution in [0.25, 0.3) is 22.4 Å². The van der Waals surface area contributed by atoms with Crippen LogP contribution in [0.5, 0.6) is 0 Å². The fourth-order valence-corrected chi connectivity index (χ4v) is 5.20. The molecule has 0 atom stereocenters. The molecule has 3 heterocycles. The largest absolute Gasteiger partial charge is 0.334 e. The fraction of sp³-hybridized carbons (Fsp3) is 0.423. The summed E-state index contributed by atoms with van der Waals surface area (Å²) in [4.78, 5) is 19.7. The van der Waals surface area contributed by atoms with Gasteiger partial charge in [0.1, 0.15) is 0 Å². The maximum absolute atomic E-state index is 13.0. The summed E-state index contributed by atoms with van der Waals surface area (Å²) < 4.78 is 2.09. The highest BCUT2D eigenvalue weighted by Crippen LogP contribution is 2.36. The molecular formula is C26H28N4O. The maximum Gasteiger partial charge on any atom is 0.254 e. The van der Waals surface area contributed by atoms with Gasteiger partial charge in [-0.3, -0.25) is 14.5 Å². The second-order valence-corrected chi connectivity index (χ2v) is 9.50. The van der Waals surface area contributed by atoms with Gasteiger partial charge in [-0.15, -0.1) is 0 Å². The van der Waals surface area contributed by atoms with Crippen molar-refractivity contribution >= 4 is 5.91 Å². The number of carbonyl (C=O) groups is 1. The SMILES string of the molecule is O=C1c2cc(-c3ncccc3-c3cnn(CC4CCCC4)c3)ccc2CN1CC1CC1. The van der Waals surface area contributed by atoms with E-state index in [1.54, 1.807) is 0 Å². The molecule has 0 unspecified atom stereocenters. The third-order valence-corrected chi connectivity index (χ3v) is 7.11. The zero-order valence-corrected chi connectivity index (χ0v) is 17.8. The first kappa shape index (κ1) is 18.8. The Hall–Kier alpha value is -2.95. The Morgan fingerprint density at radius 2 is 1.77 bits per heavy atom. The van der Waals surface area contributed by atoms with Gasteiger partial charge in [0.25, 0.3) is 5.91 Å². The standard InChI is InChI=1S/C26H28N4O/c31-26-24-12-20(9-10-21(24)16-29(26)14-19-7-8-19)25-23(6-3-11-27-25)22-13-28-30(17-22)15-18-4-1-2-5-18/h3,6,9-13,17-19H,1-2,4-5,7-8,14-16H2. The summed E-state index contributed by atoms with van der Waals surface area (Å²) in [5.41, 5.74) is 6.05. The average molecular weight is 413 g/mol. The lowest BCUT2D eigenvalue weighted by Gasteiger charge is -2.14. The monoisotopic (exact) mass is 412 g/mol. The molecule has 0 spiro atoms. The van der Waals surface area contributed by atoms with Crippen molar-refractivity contribution in [3.63, 3.8) is 0 Å². The summed E-state index contributed by atoms with van der Waals surface area (Å²) in [6.45, 7) is 2.64. The van der Waals surface area contributed by atoms with Crippen LogP contribution in [0.3, 0.4) is 0 Å². The van der Waals surface area contributed by atoms with E-state index in [9.17, 15) is 4.79 Å². The lowest BCUT2D eigenvalue weighted by molar-refractivity contribution is 0.0771. The highest BCUT2D eigenvalue weighted by atomic mass is 16.2. The van der Waals surface area contributed by atoms with Gasteiger partial charge in [0.2, 0.25) is 0 Å². The molecule has 6 rings (SSSR count). The molecule has 1 aliphatic heterocycles. The topological polar surface area (TPSA) is 51.0 Å². The fourth-order valence-electron chi connectivity index (χ4n) is 5.20. The smallest absolute Gasteiger partial charge is 0.254 e. The number of pyridine rings is 1. The molecule has 2 aliphatic carbocycles. The molecule has 3 aliphatic rings. The number of aromatic nitrogens is 3. The van der Waals surface area contributed by atoms with Gasteiger partial charge < -0.3 is 4.90 Å². The molecule has 0 radical (unpaired) electrons. The number of nitrogens with zero attached hydrogens (tertiary/aromatic N) is 4. The van der Waals surface area contributed by atoms with Crippen LogP contribution in [0.4, 0.5) is 0 Å². The van der Waals surface area contributed by atoms with Crippen LogP contribution < -0.4 is 0 Å². The third-order valence-electron chi connectivity index (χ3n) is 7.11. The Kier molecular flexibility index (Phi) is 4.62. The average Bonchev–Trinajstić information content (AvgIpc) is 3.15. The lowest BCUT2D eigenvalue weighted by Crippen LogP contribution is -2.26. The van der Waals surface area contributed by atoms with Gasteiger partial charge in [-0.2, -0.15) is 5.10 Å². The van der Waals surface area contributed by atoms with E-state index >= 15 is 0 Å². The second-order valence-electron chi connectivity index (χ2n) is 9.50. The number of rotatable bonds is 6. The van der Waals surface area contributed by atoms with Crippen molar-refractivity contribution in [3.8, 4) is 22.4 Å². The van der Waals surface area contributed by atoms with E-state index in [1.807, 2.05) is 29.4 Å². The molecule has 1 amide bonds. The number of hydrogen-bond acceptors (Lipinski definition) is 3. The van der Waals surface area contributed by atoms with E-state index in [2.05, 4.69) is 34.2 Å². The van der Waals surface area contributed by atoms with Crippen molar-refractivity contribution in [2.75, 3.05) is 6.54 Å². The Bertz CT molecular complexity index is 1120. The van der Waals surface area contributed by atoms with E-state index in [0.717, 1.165) is 59.1 Å². The maximum atomic E-state index is 13.0. The van der Waals surface area contributed by atoms with Crippen molar-refractivity contribution in [2.45, 2.75) is 51.6 Å². The van der Waals surface area contributed by atoms with Crippen molar-refractivity contribution in [1.82, 2.24) is 19.7 Å². The molecule has 5 nitrogen and oxygen atoms in total. The first-order valence-corrected chi connectivity index (χ1v) is 11.6. The second kappa shape index (κ2) is 7.63. The Morgan fingerprint density at radius 3 is 2.61 bits per heavy atom. The molecule has 1 aromatic carbocycles. The number of benzene rings is 1. The normalized spacial score (nSPS) is 18.7. The van der Waals surface area contributed by atoms with Gasteiger partial charge in [0, 0.05) is 54.3 Å². The summed E-state index contributed by atoms with van der Waals surface area (Å²) in [5.74, 6) is 1.63. The van der Waals surface area contributed by atoms with E-state index in [0.29, 0.717) is 5.92 Å². The minimum atomic E-state index is 0.172. The zero-order chi connectivity index (χ0) is 20.8. The molecule has 3 aromatic rings. The Morgan fingerprint density at radius 1 is 0.935 bits per heavy atom. The first-order chi connectivity index (χ1) is 15.2. The predicted molar refractivity (Wildman–Crippen MR) is 120 cm³/mol. The summed E-state index contributed by atoms with van der Waals surface area (Å²) in [5, 5.41) is 4.63. The van der Waals surface area contributed by atoms with Crippen molar-refractivity contribution in [1.29, 1.82) is 0 Å². The molecule has 2 saturated carbocycles. The lowest BCUT2D eigenvalue weighted by atomic mass is 9.98. The van der Waals surface area contributed by atoms with E-state index in [1.165, 1.54) is 38.5 Å². The minimum absolute atomic E-state index is 0.172. The van der Waals surface area contributed by atoms with Crippen molar-refractivity contribution in [2.24, 2.45) is 11.8 Å². The van der Waals surface area contributed by atoms with Crippen LogP contribution in [-0.2, 0) is 13.1 Å². The highest BCUT2D eigenvalue weighted by Gasteiger charge is 2.33. The summed E-state index contributed by atoms with van der Waals surface area (Å²) in [6.07, 6.45) is 13.8. The molecule has 0 bridgehead atoms. The van der Waals surface area contributed by atoms with Gasteiger partial charge in [0.15, 0.2) is 0 Å². The number of hydrogen-bond donors (Lipinski definition) is 0. The molecule has 2 fully saturated rings. The summed E-state index contributed by atoms with van der Waals surface area (Å²) in [6, 6.07) is 10.3. The van der Waals surface area contributed by atoms with Crippen LogP contribution >= 0.6 is 0 Å². The van der Waals surface area contributed by atoms with Gasteiger partial charge in [-0.1, -0.05) is 31.0 Å². The van der Waals surface area contributed by atoms with Crippen LogP contribution in [0.1, 0.15) is 54.4 Å². The number of amides is 1. The molecule has 31 heavy (non-hydrogen) atoms. The summed E-state index contributed by atoms with van der Waals surface area (Å²) in [7, 11) is 0. The minimum Gasteiger partial charge on any atom is -0.334 e. The first-order valence-electron chi connectivity index (χ1n) is 11.6. The van der Waals surface area contributed by atoms with Gasteiger partial charge in [-0.25, -0.2) is 0 Å². The predicted octanol–water partition coefficient (Wildman–Crippen LogP) is 5.17. The Balaban J connectivity index is 1.29. The van der Waals surface area contributed by atoms with Crippen LogP contribution in [0.15, 0.2) is 48.9 Å². The van der Waals surface area contributed by atoms with Gasteiger partial charge >= 0.3 is 0 Å². The molecule has 5 heteroatoms. The number of carbonyl (C=O) groups excluding carboxylic acids is 1. The van der Waals surface area contributed by atoms with Gasteiger partial charge in [0.05, 0.1) is 11.9 Å². The van der Waals surface area contributed by atoms with Crippen LogP contribution in [-0.4, -0.2) is 32.1 Å². The molecule has 158 valence electrons. The van der Waals surface area contributed by atoms with E-state index in [-0.39, 0.29) is 5.91 Å². The highest BCUT2D eigenvalue weighted by molar-refractivity contribution is 6.00. The zero-order valence-electron chi connectivity index (χ0n) is 17.8. The quantitative estimate of drug-likeness (QED) is 0.561. The van der Waals surface area contributed by atoms with E-state index in [4.69, 9.17) is 4.98 Å². The van der Waals surface area contributed by atoms with Crippen LogP contribution in [0, 0.1) is 11.8 Å². The molecular weight excluding hydrogens is 384 g/mol. The van der Waals surface area contributed by atoms with Gasteiger partial charge in [-0.05, 0) is 55.2 Å². The van der Waals surface area contributed by atoms with Crippen molar-refractivity contribution < 1.29 is 4.79 Å².